The monoisotopic (exact) mass is 423 g/mol. The first-order valence-electron chi connectivity index (χ1n) is 11.1. The third-order valence-corrected chi connectivity index (χ3v) is 5.14. The molecule has 1 aliphatic heterocycles. The molecule has 2 N–H and O–H groups in total. The molecule has 0 saturated carbocycles. The molecule has 166 valence electrons. The Labute approximate surface area is 185 Å². The highest BCUT2D eigenvalue weighted by Gasteiger charge is 2.15. The first kappa shape index (κ1) is 22.7. The summed E-state index contributed by atoms with van der Waals surface area (Å²) < 4.78 is 5.68. The van der Waals surface area contributed by atoms with Crippen molar-refractivity contribution in [3.8, 4) is 5.75 Å². The van der Waals surface area contributed by atoms with Gasteiger partial charge in [-0.05, 0) is 69.5 Å². The van der Waals surface area contributed by atoms with Gasteiger partial charge in [-0.3, -0.25) is 9.59 Å². The van der Waals surface area contributed by atoms with Gasteiger partial charge in [-0.25, -0.2) is 0 Å². The molecule has 2 aromatic carbocycles. The standard InChI is InChI=1S/C25H33N3O3/c1-18(2)31-23-11-6-8-20(15-23)16-25(30)26-19(3)14-24(29)27-21-9-7-10-22(17-21)28-12-4-5-13-28/h6-11,15,17-19H,4-5,12-14,16H2,1-3H3,(H,26,30)(H,27,29). The maximum atomic E-state index is 12.5. The molecule has 1 atom stereocenters. The zero-order valence-corrected chi connectivity index (χ0v) is 18.7. The van der Waals surface area contributed by atoms with Crippen LogP contribution in [0.4, 0.5) is 11.4 Å². The number of nitrogens with zero attached hydrogens (tertiary/aromatic N) is 1. The third kappa shape index (κ3) is 7.31. The Bertz CT molecular complexity index is 891. The third-order valence-electron chi connectivity index (χ3n) is 5.14. The Morgan fingerprint density at radius 2 is 1.74 bits per heavy atom. The smallest absolute Gasteiger partial charge is 0.226 e. The van der Waals surface area contributed by atoms with Crippen LogP contribution in [0.5, 0.6) is 5.75 Å². The van der Waals surface area contributed by atoms with E-state index in [2.05, 4.69) is 21.6 Å². The van der Waals surface area contributed by atoms with Gasteiger partial charge < -0.3 is 20.3 Å². The molecule has 2 amide bonds. The van der Waals surface area contributed by atoms with E-state index in [-0.39, 0.29) is 36.8 Å². The summed E-state index contributed by atoms with van der Waals surface area (Å²) in [5, 5.41) is 5.86. The zero-order valence-electron chi connectivity index (χ0n) is 18.7. The van der Waals surface area contributed by atoms with E-state index in [9.17, 15) is 9.59 Å². The van der Waals surface area contributed by atoms with Gasteiger partial charge in [0.2, 0.25) is 11.8 Å². The van der Waals surface area contributed by atoms with Crippen LogP contribution in [0.1, 0.15) is 45.6 Å². The number of hydrogen-bond acceptors (Lipinski definition) is 4. The van der Waals surface area contributed by atoms with Gasteiger partial charge in [0.1, 0.15) is 5.75 Å². The molecule has 1 heterocycles. The molecule has 0 bridgehead atoms. The van der Waals surface area contributed by atoms with Crippen molar-refractivity contribution in [1.82, 2.24) is 5.32 Å². The minimum Gasteiger partial charge on any atom is -0.491 e. The first-order chi connectivity index (χ1) is 14.9. The van der Waals surface area contributed by atoms with E-state index < -0.39 is 0 Å². The lowest BCUT2D eigenvalue weighted by atomic mass is 10.1. The molecule has 0 aromatic heterocycles. The molecule has 31 heavy (non-hydrogen) atoms. The number of benzene rings is 2. The molecule has 1 fully saturated rings. The fourth-order valence-corrected chi connectivity index (χ4v) is 3.81. The van der Waals surface area contributed by atoms with Gasteiger partial charge in [0.15, 0.2) is 0 Å². The maximum Gasteiger partial charge on any atom is 0.226 e. The lowest BCUT2D eigenvalue weighted by Gasteiger charge is -2.19. The molecule has 3 rings (SSSR count). The number of nitrogens with one attached hydrogen (secondary N) is 2. The van der Waals surface area contributed by atoms with Gasteiger partial charge in [0.25, 0.3) is 0 Å². The second kappa shape index (κ2) is 10.8. The van der Waals surface area contributed by atoms with Crippen LogP contribution < -0.4 is 20.3 Å². The van der Waals surface area contributed by atoms with E-state index in [1.165, 1.54) is 12.8 Å². The van der Waals surface area contributed by atoms with Gasteiger partial charge in [-0.15, -0.1) is 0 Å². The summed E-state index contributed by atoms with van der Waals surface area (Å²) in [6.45, 7) is 7.90. The Morgan fingerprint density at radius 3 is 2.48 bits per heavy atom. The minimum atomic E-state index is -0.260. The summed E-state index contributed by atoms with van der Waals surface area (Å²) in [4.78, 5) is 27.2. The SMILES string of the molecule is CC(CC(=O)Nc1cccc(N2CCCC2)c1)NC(=O)Cc1cccc(OC(C)C)c1. The van der Waals surface area contributed by atoms with Crippen LogP contribution in [0.2, 0.25) is 0 Å². The zero-order chi connectivity index (χ0) is 22.2. The fraction of sp³-hybridized carbons (Fsp3) is 0.440. The van der Waals surface area contributed by atoms with Crippen molar-refractivity contribution in [2.24, 2.45) is 0 Å². The average Bonchev–Trinajstić information content (AvgIpc) is 3.22. The van der Waals surface area contributed by atoms with E-state index in [1.807, 2.05) is 63.2 Å². The Kier molecular flexibility index (Phi) is 7.93. The summed E-state index contributed by atoms with van der Waals surface area (Å²) in [7, 11) is 0. The number of carbonyl (C=O) groups excluding carboxylic acids is 2. The van der Waals surface area contributed by atoms with Gasteiger partial charge >= 0.3 is 0 Å². The molecular formula is C25H33N3O3. The van der Waals surface area contributed by atoms with Crippen molar-refractivity contribution in [2.75, 3.05) is 23.3 Å². The topological polar surface area (TPSA) is 70.7 Å². The lowest BCUT2D eigenvalue weighted by molar-refractivity contribution is -0.121. The predicted octanol–water partition coefficient (Wildman–Crippen LogP) is 4.15. The van der Waals surface area contributed by atoms with E-state index in [4.69, 9.17) is 4.74 Å². The number of hydrogen-bond donors (Lipinski definition) is 2. The van der Waals surface area contributed by atoms with Gasteiger partial charge in [0.05, 0.1) is 12.5 Å². The average molecular weight is 424 g/mol. The van der Waals surface area contributed by atoms with Crippen molar-refractivity contribution >= 4 is 23.2 Å². The van der Waals surface area contributed by atoms with Crippen LogP contribution in [0.25, 0.3) is 0 Å². The van der Waals surface area contributed by atoms with Crippen molar-refractivity contribution in [2.45, 2.75) is 58.6 Å². The van der Waals surface area contributed by atoms with Crippen molar-refractivity contribution in [1.29, 1.82) is 0 Å². The molecule has 1 unspecified atom stereocenters. The molecule has 6 nitrogen and oxygen atoms in total. The number of anilines is 2. The molecular weight excluding hydrogens is 390 g/mol. The number of carbonyl (C=O) groups is 2. The molecule has 2 aromatic rings. The van der Waals surface area contributed by atoms with Crippen LogP contribution in [0.15, 0.2) is 48.5 Å². The molecule has 1 aliphatic rings. The summed E-state index contributed by atoms with van der Waals surface area (Å²) in [6, 6.07) is 15.2. The lowest BCUT2D eigenvalue weighted by Crippen LogP contribution is -2.36. The fourth-order valence-electron chi connectivity index (χ4n) is 3.81. The van der Waals surface area contributed by atoms with E-state index >= 15 is 0 Å². The predicted molar refractivity (Wildman–Crippen MR) is 125 cm³/mol. The van der Waals surface area contributed by atoms with Crippen molar-refractivity contribution in [3.05, 3.63) is 54.1 Å². The number of rotatable bonds is 9. The second-order valence-electron chi connectivity index (χ2n) is 8.46. The van der Waals surface area contributed by atoms with Crippen LogP contribution in [0.3, 0.4) is 0 Å². The van der Waals surface area contributed by atoms with Gasteiger partial charge in [-0.2, -0.15) is 0 Å². The summed E-state index contributed by atoms with van der Waals surface area (Å²) in [6.07, 6.45) is 2.97. The molecule has 0 aliphatic carbocycles. The van der Waals surface area contributed by atoms with Crippen molar-refractivity contribution in [3.63, 3.8) is 0 Å². The van der Waals surface area contributed by atoms with Crippen LogP contribution in [-0.2, 0) is 16.0 Å². The van der Waals surface area contributed by atoms with Crippen LogP contribution in [0, 0.1) is 0 Å². The summed E-state index contributed by atoms with van der Waals surface area (Å²) in [5.41, 5.74) is 2.81. The van der Waals surface area contributed by atoms with Crippen LogP contribution >= 0.6 is 0 Å². The van der Waals surface area contributed by atoms with Gasteiger partial charge in [-0.1, -0.05) is 18.2 Å². The summed E-state index contributed by atoms with van der Waals surface area (Å²) >= 11 is 0. The summed E-state index contributed by atoms with van der Waals surface area (Å²) in [5.74, 6) is 0.528. The van der Waals surface area contributed by atoms with E-state index in [0.29, 0.717) is 0 Å². The Hall–Kier alpha value is -3.02. The minimum absolute atomic E-state index is 0.0821. The Balaban J connectivity index is 1.46. The second-order valence-corrected chi connectivity index (χ2v) is 8.46. The quantitative estimate of drug-likeness (QED) is 0.636. The molecule has 0 spiro atoms. The molecule has 6 heteroatoms. The highest BCUT2D eigenvalue weighted by molar-refractivity contribution is 5.92. The maximum absolute atomic E-state index is 12.5. The Morgan fingerprint density at radius 1 is 1.00 bits per heavy atom. The van der Waals surface area contributed by atoms with Crippen LogP contribution in [-0.4, -0.2) is 37.0 Å². The molecule has 1 saturated heterocycles. The number of amides is 2. The number of ether oxygens (including phenoxy) is 1. The largest absolute Gasteiger partial charge is 0.491 e. The highest BCUT2D eigenvalue weighted by Crippen LogP contribution is 2.23. The first-order valence-corrected chi connectivity index (χ1v) is 11.1. The van der Waals surface area contributed by atoms with E-state index in [1.54, 1.807) is 0 Å². The van der Waals surface area contributed by atoms with E-state index in [0.717, 1.165) is 35.8 Å². The van der Waals surface area contributed by atoms with Gasteiger partial charge in [0, 0.05) is 36.9 Å². The normalized spacial score (nSPS) is 14.4. The van der Waals surface area contributed by atoms with Crippen molar-refractivity contribution < 1.29 is 14.3 Å². The molecule has 0 radical (unpaired) electrons. The highest BCUT2D eigenvalue weighted by atomic mass is 16.5.